The van der Waals surface area contributed by atoms with E-state index >= 15 is 0 Å². The lowest BCUT2D eigenvalue weighted by molar-refractivity contribution is 0.101. The Kier molecular flexibility index (Phi) is 4.14. The lowest BCUT2D eigenvalue weighted by atomic mass is 9.82. The molecule has 2 atom stereocenters. The molecule has 2 unspecified atom stereocenters. The average Bonchev–Trinajstić information content (AvgIpc) is 2.30. The smallest absolute Gasteiger partial charge is 0.137 e. The molecule has 3 heteroatoms. The van der Waals surface area contributed by atoms with Crippen LogP contribution in [-0.2, 0) is 0 Å². The van der Waals surface area contributed by atoms with E-state index in [1.54, 1.807) is 18.2 Å². The van der Waals surface area contributed by atoms with Crippen LogP contribution in [0.5, 0.6) is 5.75 Å². The fourth-order valence-corrected chi connectivity index (χ4v) is 3.01. The van der Waals surface area contributed by atoms with Gasteiger partial charge in [0.15, 0.2) is 0 Å². The first-order chi connectivity index (χ1) is 8.58. The number of benzene rings is 1. The molecule has 0 heterocycles. The second-order valence-corrected chi connectivity index (χ2v) is 5.85. The number of hydrogen-bond donors (Lipinski definition) is 0. The van der Waals surface area contributed by atoms with Crippen LogP contribution in [0, 0.1) is 23.2 Å². The van der Waals surface area contributed by atoms with Crippen molar-refractivity contribution in [2.75, 3.05) is 0 Å². The van der Waals surface area contributed by atoms with Gasteiger partial charge in [-0.3, -0.25) is 0 Å². The van der Waals surface area contributed by atoms with Gasteiger partial charge in [0.25, 0.3) is 0 Å². The van der Waals surface area contributed by atoms with Crippen LogP contribution in [-0.4, -0.2) is 6.10 Å². The van der Waals surface area contributed by atoms with E-state index in [0.717, 1.165) is 12.8 Å². The molecule has 1 aromatic carbocycles. The molecule has 0 saturated heterocycles. The van der Waals surface area contributed by atoms with Gasteiger partial charge in [-0.1, -0.05) is 25.4 Å². The first-order valence-corrected chi connectivity index (χ1v) is 6.82. The Morgan fingerprint density at radius 1 is 1.22 bits per heavy atom. The normalized spacial score (nSPS) is 27.6. The van der Waals surface area contributed by atoms with Crippen LogP contribution in [0.4, 0.5) is 0 Å². The Morgan fingerprint density at radius 3 is 2.50 bits per heavy atom. The van der Waals surface area contributed by atoms with Crippen LogP contribution >= 0.6 is 11.6 Å². The van der Waals surface area contributed by atoms with Crippen molar-refractivity contribution >= 4 is 11.6 Å². The molecule has 0 amide bonds. The van der Waals surface area contributed by atoms with E-state index in [1.807, 2.05) is 0 Å². The van der Waals surface area contributed by atoms with Gasteiger partial charge < -0.3 is 4.74 Å². The third kappa shape index (κ3) is 3.17. The lowest BCUT2D eigenvalue weighted by Gasteiger charge is -2.31. The minimum absolute atomic E-state index is 0.219. The number of nitrogens with zero attached hydrogens (tertiary/aromatic N) is 1. The zero-order chi connectivity index (χ0) is 13.1. The van der Waals surface area contributed by atoms with E-state index in [4.69, 9.17) is 21.6 Å². The van der Waals surface area contributed by atoms with Crippen LogP contribution < -0.4 is 4.74 Å². The monoisotopic (exact) mass is 263 g/mol. The maximum absolute atomic E-state index is 9.09. The summed E-state index contributed by atoms with van der Waals surface area (Å²) < 4.78 is 5.99. The van der Waals surface area contributed by atoms with Crippen molar-refractivity contribution in [3.05, 3.63) is 28.8 Å². The minimum Gasteiger partial charge on any atom is -0.489 e. The summed E-state index contributed by atoms with van der Waals surface area (Å²) in [7, 11) is 0. The maximum atomic E-state index is 9.09. The molecule has 0 aromatic heterocycles. The standard InChI is InChI=1S/C15H18ClNO/c1-10-5-11(2)7-14(6-10)18-15-4-3-13(16)8-12(15)9-17/h3-4,8,10-11,14H,5-7H2,1-2H3. The highest BCUT2D eigenvalue weighted by Crippen LogP contribution is 2.32. The largest absolute Gasteiger partial charge is 0.489 e. The molecule has 1 aromatic rings. The minimum atomic E-state index is 0.219. The van der Waals surface area contributed by atoms with Gasteiger partial charge in [0.05, 0.1) is 11.7 Å². The molecule has 0 spiro atoms. The lowest BCUT2D eigenvalue weighted by Crippen LogP contribution is -2.28. The number of nitriles is 1. The molecule has 96 valence electrons. The van der Waals surface area contributed by atoms with Crippen LogP contribution in [0.2, 0.25) is 5.02 Å². The quantitative estimate of drug-likeness (QED) is 0.792. The van der Waals surface area contributed by atoms with Crippen molar-refractivity contribution in [2.24, 2.45) is 11.8 Å². The summed E-state index contributed by atoms with van der Waals surface area (Å²) in [6.07, 6.45) is 3.62. The third-order valence-corrected chi connectivity index (χ3v) is 3.73. The second kappa shape index (κ2) is 5.63. The van der Waals surface area contributed by atoms with Gasteiger partial charge in [-0.15, -0.1) is 0 Å². The van der Waals surface area contributed by atoms with Crippen molar-refractivity contribution in [3.8, 4) is 11.8 Å². The molecule has 1 fully saturated rings. The first kappa shape index (κ1) is 13.2. The molecule has 0 aliphatic heterocycles. The molecule has 1 aliphatic rings. The van der Waals surface area contributed by atoms with E-state index < -0.39 is 0 Å². The molecular formula is C15H18ClNO. The van der Waals surface area contributed by atoms with Crippen LogP contribution in [0.3, 0.4) is 0 Å². The van der Waals surface area contributed by atoms with Gasteiger partial charge in [0.2, 0.25) is 0 Å². The zero-order valence-electron chi connectivity index (χ0n) is 10.8. The molecule has 1 saturated carbocycles. The van der Waals surface area contributed by atoms with E-state index in [2.05, 4.69) is 19.9 Å². The molecule has 0 N–H and O–H groups in total. The van der Waals surface area contributed by atoms with Gasteiger partial charge >= 0.3 is 0 Å². The molecule has 0 bridgehead atoms. The summed E-state index contributed by atoms with van der Waals surface area (Å²) in [6.45, 7) is 4.53. The van der Waals surface area contributed by atoms with Gasteiger partial charge in [-0.05, 0) is 49.3 Å². The Balaban J connectivity index is 2.12. The van der Waals surface area contributed by atoms with Gasteiger partial charge in [0.1, 0.15) is 11.8 Å². The summed E-state index contributed by atoms with van der Waals surface area (Å²) in [5, 5.41) is 9.66. The Bertz CT molecular complexity index is 456. The average molecular weight is 264 g/mol. The highest BCUT2D eigenvalue weighted by atomic mass is 35.5. The van der Waals surface area contributed by atoms with Crippen LogP contribution in [0.25, 0.3) is 0 Å². The van der Waals surface area contributed by atoms with E-state index in [1.165, 1.54) is 6.42 Å². The molecule has 18 heavy (non-hydrogen) atoms. The third-order valence-electron chi connectivity index (χ3n) is 3.49. The van der Waals surface area contributed by atoms with Gasteiger partial charge in [-0.2, -0.15) is 5.26 Å². The number of ether oxygens (including phenoxy) is 1. The molecule has 0 radical (unpaired) electrons. The molecule has 2 nitrogen and oxygen atoms in total. The Labute approximate surface area is 114 Å². The number of rotatable bonds is 2. The number of halogens is 1. The molecular weight excluding hydrogens is 246 g/mol. The predicted molar refractivity (Wildman–Crippen MR) is 72.8 cm³/mol. The summed E-state index contributed by atoms with van der Waals surface area (Å²) >= 11 is 5.88. The highest BCUT2D eigenvalue weighted by molar-refractivity contribution is 6.30. The van der Waals surface area contributed by atoms with Gasteiger partial charge in [-0.25, -0.2) is 0 Å². The topological polar surface area (TPSA) is 33.0 Å². The fraction of sp³-hybridized carbons (Fsp3) is 0.533. The molecule has 2 rings (SSSR count). The van der Waals surface area contributed by atoms with Crippen molar-refractivity contribution in [3.63, 3.8) is 0 Å². The van der Waals surface area contributed by atoms with E-state index in [0.29, 0.717) is 28.2 Å². The SMILES string of the molecule is CC1CC(C)CC(Oc2ccc(Cl)cc2C#N)C1. The van der Waals surface area contributed by atoms with Crippen molar-refractivity contribution in [1.82, 2.24) is 0 Å². The fourth-order valence-electron chi connectivity index (χ4n) is 2.84. The Morgan fingerprint density at radius 2 is 1.89 bits per heavy atom. The van der Waals surface area contributed by atoms with Gasteiger partial charge in [0, 0.05) is 5.02 Å². The van der Waals surface area contributed by atoms with E-state index in [-0.39, 0.29) is 6.10 Å². The van der Waals surface area contributed by atoms with E-state index in [9.17, 15) is 0 Å². The van der Waals surface area contributed by atoms with Crippen molar-refractivity contribution in [1.29, 1.82) is 5.26 Å². The summed E-state index contributed by atoms with van der Waals surface area (Å²) in [5.74, 6) is 2.04. The Hall–Kier alpha value is -1.20. The van der Waals surface area contributed by atoms with Crippen molar-refractivity contribution in [2.45, 2.75) is 39.2 Å². The zero-order valence-corrected chi connectivity index (χ0v) is 11.6. The van der Waals surface area contributed by atoms with Crippen molar-refractivity contribution < 1.29 is 4.74 Å². The summed E-state index contributed by atoms with van der Waals surface area (Å²) in [4.78, 5) is 0. The molecule has 1 aliphatic carbocycles. The highest BCUT2D eigenvalue weighted by Gasteiger charge is 2.25. The summed E-state index contributed by atoms with van der Waals surface area (Å²) in [5.41, 5.74) is 0.522. The first-order valence-electron chi connectivity index (χ1n) is 6.44. The summed E-state index contributed by atoms with van der Waals surface area (Å²) in [6, 6.07) is 7.37. The second-order valence-electron chi connectivity index (χ2n) is 5.41. The van der Waals surface area contributed by atoms with Crippen LogP contribution in [0.15, 0.2) is 18.2 Å². The number of hydrogen-bond acceptors (Lipinski definition) is 2. The predicted octanol–water partition coefficient (Wildman–Crippen LogP) is 4.42. The maximum Gasteiger partial charge on any atom is 0.137 e. The van der Waals surface area contributed by atoms with Crippen LogP contribution in [0.1, 0.15) is 38.7 Å².